The first-order valence-corrected chi connectivity index (χ1v) is 10.7. The zero-order valence-electron chi connectivity index (χ0n) is 17.8. The minimum Gasteiger partial charge on any atom is -0.0622 e. The highest BCUT2D eigenvalue weighted by atomic mass is 14.6. The van der Waals surface area contributed by atoms with Gasteiger partial charge in [0.05, 0.1) is 0 Å². The maximum atomic E-state index is 2.46. The lowest BCUT2D eigenvalue weighted by Gasteiger charge is -2.51. The second-order valence-corrected chi connectivity index (χ2v) is 9.05. The summed E-state index contributed by atoms with van der Waals surface area (Å²) in [5.74, 6) is 1.96. The molecule has 0 fully saturated rings. The van der Waals surface area contributed by atoms with Crippen molar-refractivity contribution in [3.05, 3.63) is 95.6 Å². The Balaban J connectivity index is 2.01. The van der Waals surface area contributed by atoms with E-state index in [1.165, 1.54) is 27.8 Å². The van der Waals surface area contributed by atoms with Gasteiger partial charge in [0.2, 0.25) is 0 Å². The lowest BCUT2D eigenvalue weighted by atomic mass is 9.52. The lowest BCUT2D eigenvalue weighted by molar-refractivity contribution is 0.0584. The normalized spacial score (nSPS) is 15.0. The predicted octanol–water partition coefficient (Wildman–Crippen LogP) is 7.90. The van der Waals surface area contributed by atoms with E-state index in [-0.39, 0.29) is 5.41 Å². The standard InChI is InChI=1S/C28H32/c1-19(2)28(20(3)4,21(5)22-13-7-6-8-14-22)27-25-17-11-9-15-23(25)24-16-10-12-18-26(24)27/h6-21,27H,1-5H3. The number of benzene rings is 3. The maximum Gasteiger partial charge on any atom is 0.0169 e. The van der Waals surface area contributed by atoms with Crippen LogP contribution >= 0.6 is 0 Å². The quantitative estimate of drug-likeness (QED) is 0.429. The molecule has 0 heteroatoms. The van der Waals surface area contributed by atoms with Crippen molar-refractivity contribution in [3.8, 4) is 11.1 Å². The van der Waals surface area contributed by atoms with Crippen molar-refractivity contribution >= 4 is 0 Å². The molecule has 144 valence electrons. The van der Waals surface area contributed by atoms with E-state index in [9.17, 15) is 0 Å². The smallest absolute Gasteiger partial charge is 0.0169 e. The SMILES string of the molecule is CC(C)C(C(C)C)(C(C)c1ccccc1)C1c2ccccc2-c2ccccc21. The zero-order valence-corrected chi connectivity index (χ0v) is 17.8. The molecule has 0 spiro atoms. The van der Waals surface area contributed by atoms with Crippen LogP contribution in [0.4, 0.5) is 0 Å². The van der Waals surface area contributed by atoms with Crippen LogP contribution in [-0.4, -0.2) is 0 Å². The molecule has 4 rings (SSSR count). The molecule has 0 aliphatic heterocycles. The van der Waals surface area contributed by atoms with Crippen LogP contribution in [0.15, 0.2) is 78.9 Å². The molecule has 1 unspecified atom stereocenters. The largest absolute Gasteiger partial charge is 0.0622 e. The summed E-state index contributed by atoms with van der Waals surface area (Å²) in [5, 5.41) is 0. The average molecular weight is 369 g/mol. The summed E-state index contributed by atoms with van der Waals surface area (Å²) in [4.78, 5) is 0. The molecule has 28 heavy (non-hydrogen) atoms. The predicted molar refractivity (Wildman–Crippen MR) is 121 cm³/mol. The van der Waals surface area contributed by atoms with Crippen molar-refractivity contribution in [1.82, 2.24) is 0 Å². The van der Waals surface area contributed by atoms with Gasteiger partial charge in [-0.25, -0.2) is 0 Å². The van der Waals surface area contributed by atoms with E-state index in [4.69, 9.17) is 0 Å². The Morgan fingerprint density at radius 1 is 0.571 bits per heavy atom. The third kappa shape index (κ3) is 2.65. The van der Waals surface area contributed by atoms with Crippen LogP contribution in [0, 0.1) is 17.3 Å². The van der Waals surface area contributed by atoms with Gasteiger partial charge in [-0.05, 0) is 51.0 Å². The number of fused-ring (bicyclic) bond motifs is 3. The van der Waals surface area contributed by atoms with Gasteiger partial charge in [0, 0.05) is 5.92 Å². The zero-order chi connectivity index (χ0) is 19.9. The molecule has 0 aromatic heterocycles. The molecule has 0 heterocycles. The van der Waals surface area contributed by atoms with Gasteiger partial charge in [-0.3, -0.25) is 0 Å². The molecule has 0 nitrogen and oxygen atoms in total. The van der Waals surface area contributed by atoms with Crippen molar-refractivity contribution in [2.24, 2.45) is 17.3 Å². The summed E-state index contributed by atoms with van der Waals surface area (Å²) in [7, 11) is 0. The second kappa shape index (κ2) is 7.24. The van der Waals surface area contributed by atoms with Crippen molar-refractivity contribution in [3.63, 3.8) is 0 Å². The summed E-state index contributed by atoms with van der Waals surface area (Å²) in [6, 6.07) is 29.3. The molecule has 0 bridgehead atoms. The molecular formula is C28H32. The van der Waals surface area contributed by atoms with Gasteiger partial charge in [0.25, 0.3) is 0 Å². The molecule has 0 amide bonds. The summed E-state index contributed by atoms with van der Waals surface area (Å²) in [5.41, 5.74) is 7.45. The van der Waals surface area contributed by atoms with E-state index < -0.39 is 0 Å². The van der Waals surface area contributed by atoms with Crippen LogP contribution in [-0.2, 0) is 0 Å². The molecule has 0 N–H and O–H groups in total. The molecule has 3 aromatic rings. The fraction of sp³-hybridized carbons (Fsp3) is 0.357. The van der Waals surface area contributed by atoms with Gasteiger partial charge in [-0.1, -0.05) is 113 Å². The Hall–Kier alpha value is -2.34. The Labute approximate surface area is 170 Å². The number of hydrogen-bond donors (Lipinski definition) is 0. The lowest BCUT2D eigenvalue weighted by Crippen LogP contribution is -2.43. The first kappa shape index (κ1) is 19.0. The van der Waals surface area contributed by atoms with E-state index in [1.54, 1.807) is 0 Å². The van der Waals surface area contributed by atoms with Gasteiger partial charge in [-0.2, -0.15) is 0 Å². The highest BCUT2D eigenvalue weighted by molar-refractivity contribution is 5.79. The molecule has 0 saturated carbocycles. The van der Waals surface area contributed by atoms with Gasteiger partial charge >= 0.3 is 0 Å². The van der Waals surface area contributed by atoms with Crippen molar-refractivity contribution in [1.29, 1.82) is 0 Å². The monoisotopic (exact) mass is 368 g/mol. The summed E-state index contributed by atoms with van der Waals surface area (Å²) in [6.07, 6.45) is 0. The van der Waals surface area contributed by atoms with E-state index in [1.807, 2.05) is 0 Å². The fourth-order valence-corrected chi connectivity index (χ4v) is 6.31. The van der Waals surface area contributed by atoms with E-state index in [2.05, 4.69) is 113 Å². The van der Waals surface area contributed by atoms with Gasteiger partial charge in [0.1, 0.15) is 0 Å². The summed E-state index contributed by atoms with van der Waals surface area (Å²) in [6.45, 7) is 12.2. The van der Waals surface area contributed by atoms with Crippen molar-refractivity contribution in [2.45, 2.75) is 46.5 Å². The van der Waals surface area contributed by atoms with Crippen LogP contribution in [0.5, 0.6) is 0 Å². The number of hydrogen-bond acceptors (Lipinski definition) is 0. The van der Waals surface area contributed by atoms with Crippen LogP contribution in [0.2, 0.25) is 0 Å². The van der Waals surface area contributed by atoms with Crippen LogP contribution in [0.3, 0.4) is 0 Å². The second-order valence-electron chi connectivity index (χ2n) is 9.05. The fourth-order valence-electron chi connectivity index (χ4n) is 6.31. The van der Waals surface area contributed by atoms with E-state index >= 15 is 0 Å². The van der Waals surface area contributed by atoms with Gasteiger partial charge in [-0.15, -0.1) is 0 Å². The summed E-state index contributed by atoms with van der Waals surface area (Å²) < 4.78 is 0. The van der Waals surface area contributed by atoms with E-state index in [0.29, 0.717) is 23.7 Å². The first-order chi connectivity index (χ1) is 13.5. The Bertz CT molecular complexity index is 895. The Kier molecular flexibility index (Phi) is 4.91. The van der Waals surface area contributed by atoms with E-state index in [0.717, 1.165) is 0 Å². The maximum absolute atomic E-state index is 2.46. The highest BCUT2D eigenvalue weighted by Gasteiger charge is 2.52. The average Bonchev–Trinajstić information content (AvgIpc) is 3.04. The molecule has 1 atom stereocenters. The van der Waals surface area contributed by atoms with Crippen LogP contribution < -0.4 is 0 Å². The minimum absolute atomic E-state index is 0.129. The Morgan fingerprint density at radius 3 is 1.46 bits per heavy atom. The topological polar surface area (TPSA) is 0 Å². The van der Waals surface area contributed by atoms with Crippen LogP contribution in [0.25, 0.3) is 11.1 Å². The van der Waals surface area contributed by atoms with Crippen LogP contribution in [0.1, 0.15) is 63.1 Å². The third-order valence-corrected chi connectivity index (χ3v) is 7.38. The first-order valence-electron chi connectivity index (χ1n) is 10.7. The molecular weight excluding hydrogens is 336 g/mol. The van der Waals surface area contributed by atoms with Gasteiger partial charge < -0.3 is 0 Å². The van der Waals surface area contributed by atoms with Crippen molar-refractivity contribution < 1.29 is 0 Å². The molecule has 0 saturated heterocycles. The number of rotatable bonds is 5. The van der Waals surface area contributed by atoms with Gasteiger partial charge in [0.15, 0.2) is 0 Å². The highest BCUT2D eigenvalue weighted by Crippen LogP contribution is 2.63. The molecule has 1 aliphatic carbocycles. The summed E-state index contributed by atoms with van der Waals surface area (Å²) >= 11 is 0. The Morgan fingerprint density at radius 2 is 1.00 bits per heavy atom. The molecule has 1 aliphatic rings. The molecule has 3 aromatic carbocycles. The minimum atomic E-state index is 0.129. The van der Waals surface area contributed by atoms with Crippen molar-refractivity contribution in [2.75, 3.05) is 0 Å². The molecule has 0 radical (unpaired) electrons. The third-order valence-electron chi connectivity index (χ3n) is 7.38.